The van der Waals surface area contributed by atoms with Crippen LogP contribution in [0.2, 0.25) is 0 Å². The molecule has 0 spiro atoms. The third-order valence-corrected chi connectivity index (χ3v) is 2.95. The van der Waals surface area contributed by atoms with Gasteiger partial charge in [-0.15, -0.1) is 0 Å². The molecule has 0 bridgehead atoms. The number of halogens is 1. The first-order valence-corrected chi connectivity index (χ1v) is 5.66. The van der Waals surface area contributed by atoms with Crippen LogP contribution in [0.4, 0.5) is 4.39 Å². The summed E-state index contributed by atoms with van der Waals surface area (Å²) in [6, 6.07) is 8.39. The summed E-state index contributed by atoms with van der Waals surface area (Å²) in [5.74, 6) is -0.227. The van der Waals surface area contributed by atoms with Crippen molar-refractivity contribution in [3.05, 3.63) is 41.8 Å². The first-order valence-electron chi connectivity index (χ1n) is 5.66. The zero-order chi connectivity index (χ0) is 11.8. The summed E-state index contributed by atoms with van der Waals surface area (Å²) in [5.41, 5.74) is 2.88. The second-order valence-electron chi connectivity index (χ2n) is 4.33. The highest BCUT2D eigenvalue weighted by Crippen LogP contribution is 2.22. The van der Waals surface area contributed by atoms with E-state index in [1.165, 1.54) is 12.1 Å². The van der Waals surface area contributed by atoms with E-state index in [-0.39, 0.29) is 11.9 Å². The number of rotatable bonds is 1. The highest BCUT2D eigenvalue weighted by molar-refractivity contribution is 5.59. The molecular weight excluding hydrogens is 219 g/mol. The average molecular weight is 232 g/mol. The lowest BCUT2D eigenvalue weighted by atomic mass is 10.1. The standard InChI is InChI=1S/C13H13FN2O/c1-9-7-16-12(8-17-9)6-13(15-16)10-2-4-11(14)5-3-10/h2-6,9H,7-8H2,1H3. The van der Waals surface area contributed by atoms with Crippen molar-refractivity contribution in [1.29, 1.82) is 0 Å². The maximum absolute atomic E-state index is 12.8. The molecule has 2 aromatic rings. The minimum absolute atomic E-state index is 0.198. The summed E-state index contributed by atoms with van der Waals surface area (Å²) in [6.45, 7) is 3.40. The van der Waals surface area contributed by atoms with Gasteiger partial charge in [-0.3, -0.25) is 4.68 Å². The number of nitrogens with zero attached hydrogens (tertiary/aromatic N) is 2. The molecule has 1 aromatic carbocycles. The fraction of sp³-hybridized carbons (Fsp3) is 0.308. The molecular formula is C13H13FN2O. The molecule has 1 aliphatic heterocycles. The summed E-state index contributed by atoms with van der Waals surface area (Å²) < 4.78 is 20.4. The molecule has 1 aromatic heterocycles. The van der Waals surface area contributed by atoms with Crippen molar-refractivity contribution in [2.45, 2.75) is 26.2 Å². The summed E-state index contributed by atoms with van der Waals surface area (Å²) in [5, 5.41) is 4.52. The maximum Gasteiger partial charge on any atom is 0.123 e. The molecule has 4 heteroatoms. The van der Waals surface area contributed by atoms with Gasteiger partial charge >= 0.3 is 0 Å². The van der Waals surface area contributed by atoms with Crippen LogP contribution in [0.25, 0.3) is 11.3 Å². The molecule has 17 heavy (non-hydrogen) atoms. The van der Waals surface area contributed by atoms with Gasteiger partial charge in [0.05, 0.1) is 30.6 Å². The van der Waals surface area contributed by atoms with E-state index in [9.17, 15) is 4.39 Å². The van der Waals surface area contributed by atoms with Crippen molar-refractivity contribution in [1.82, 2.24) is 9.78 Å². The van der Waals surface area contributed by atoms with E-state index < -0.39 is 0 Å². The number of aromatic nitrogens is 2. The molecule has 1 atom stereocenters. The number of benzene rings is 1. The van der Waals surface area contributed by atoms with Crippen LogP contribution in [0.5, 0.6) is 0 Å². The van der Waals surface area contributed by atoms with Gasteiger partial charge in [-0.05, 0) is 37.3 Å². The predicted molar refractivity (Wildman–Crippen MR) is 61.9 cm³/mol. The van der Waals surface area contributed by atoms with Gasteiger partial charge in [0.25, 0.3) is 0 Å². The largest absolute Gasteiger partial charge is 0.370 e. The first kappa shape index (κ1) is 10.5. The van der Waals surface area contributed by atoms with Gasteiger partial charge < -0.3 is 4.74 Å². The Morgan fingerprint density at radius 1 is 1.35 bits per heavy atom. The molecule has 3 nitrogen and oxygen atoms in total. The summed E-state index contributed by atoms with van der Waals surface area (Å²) >= 11 is 0. The van der Waals surface area contributed by atoms with Gasteiger partial charge in [-0.25, -0.2) is 4.39 Å². The smallest absolute Gasteiger partial charge is 0.123 e. The molecule has 1 unspecified atom stereocenters. The van der Waals surface area contributed by atoms with Crippen LogP contribution < -0.4 is 0 Å². The Kier molecular flexibility index (Phi) is 2.44. The molecule has 0 amide bonds. The highest BCUT2D eigenvalue weighted by Gasteiger charge is 2.17. The minimum Gasteiger partial charge on any atom is -0.370 e. The van der Waals surface area contributed by atoms with Crippen molar-refractivity contribution >= 4 is 0 Å². The van der Waals surface area contributed by atoms with Crippen LogP contribution in [0.15, 0.2) is 30.3 Å². The molecule has 1 aliphatic rings. The monoisotopic (exact) mass is 232 g/mol. The number of fused-ring (bicyclic) bond motifs is 1. The van der Waals surface area contributed by atoms with E-state index >= 15 is 0 Å². The van der Waals surface area contributed by atoms with Crippen LogP contribution in [0.1, 0.15) is 12.6 Å². The highest BCUT2D eigenvalue weighted by atomic mass is 19.1. The number of hydrogen-bond acceptors (Lipinski definition) is 2. The van der Waals surface area contributed by atoms with Gasteiger partial charge in [-0.1, -0.05) is 0 Å². The number of hydrogen-bond donors (Lipinski definition) is 0. The molecule has 0 fully saturated rings. The summed E-state index contributed by atoms with van der Waals surface area (Å²) in [6.07, 6.45) is 0.198. The Hall–Kier alpha value is -1.68. The normalized spacial score (nSPS) is 19.1. The fourth-order valence-corrected chi connectivity index (χ4v) is 2.02. The van der Waals surface area contributed by atoms with Gasteiger partial charge in [0.1, 0.15) is 5.82 Å². The predicted octanol–water partition coefficient (Wildman–Crippen LogP) is 2.61. The third-order valence-electron chi connectivity index (χ3n) is 2.95. The van der Waals surface area contributed by atoms with E-state index in [2.05, 4.69) is 5.10 Å². The molecule has 2 heterocycles. The lowest BCUT2D eigenvalue weighted by molar-refractivity contribution is 0.0124. The van der Waals surface area contributed by atoms with E-state index in [1.54, 1.807) is 12.1 Å². The van der Waals surface area contributed by atoms with Crippen LogP contribution in [0, 0.1) is 5.82 Å². The van der Waals surface area contributed by atoms with Crippen LogP contribution >= 0.6 is 0 Å². The molecule has 0 aliphatic carbocycles. The lowest BCUT2D eigenvalue weighted by Crippen LogP contribution is -2.24. The molecule has 0 saturated carbocycles. The van der Waals surface area contributed by atoms with E-state index in [1.807, 2.05) is 17.7 Å². The van der Waals surface area contributed by atoms with E-state index in [0.29, 0.717) is 6.61 Å². The Morgan fingerprint density at radius 3 is 2.88 bits per heavy atom. The zero-order valence-corrected chi connectivity index (χ0v) is 9.56. The Bertz CT molecular complexity index is 533. The van der Waals surface area contributed by atoms with Gasteiger partial charge in [0.2, 0.25) is 0 Å². The quantitative estimate of drug-likeness (QED) is 0.755. The van der Waals surface area contributed by atoms with Crippen LogP contribution in [-0.4, -0.2) is 15.9 Å². The lowest BCUT2D eigenvalue weighted by Gasteiger charge is -2.20. The Morgan fingerprint density at radius 2 is 2.12 bits per heavy atom. The van der Waals surface area contributed by atoms with Crippen LogP contribution in [-0.2, 0) is 17.9 Å². The maximum atomic E-state index is 12.8. The first-order chi connectivity index (χ1) is 8.22. The van der Waals surface area contributed by atoms with Gasteiger partial charge in [0, 0.05) is 5.56 Å². The zero-order valence-electron chi connectivity index (χ0n) is 9.56. The Balaban J connectivity index is 1.97. The van der Waals surface area contributed by atoms with Gasteiger partial charge in [-0.2, -0.15) is 5.10 Å². The second-order valence-corrected chi connectivity index (χ2v) is 4.33. The van der Waals surface area contributed by atoms with E-state index in [0.717, 1.165) is 23.5 Å². The molecule has 88 valence electrons. The molecule has 0 N–H and O–H groups in total. The second kappa shape index (κ2) is 3.96. The summed E-state index contributed by atoms with van der Waals surface area (Å²) in [7, 11) is 0. The fourth-order valence-electron chi connectivity index (χ4n) is 2.02. The summed E-state index contributed by atoms with van der Waals surface area (Å²) in [4.78, 5) is 0. The SMILES string of the molecule is CC1Cn2nc(-c3ccc(F)cc3)cc2CO1. The van der Waals surface area contributed by atoms with E-state index in [4.69, 9.17) is 4.74 Å². The van der Waals surface area contributed by atoms with Crippen LogP contribution in [0.3, 0.4) is 0 Å². The molecule has 3 rings (SSSR count). The molecule has 0 saturated heterocycles. The van der Waals surface area contributed by atoms with Gasteiger partial charge in [0.15, 0.2) is 0 Å². The van der Waals surface area contributed by atoms with Crippen molar-refractivity contribution in [3.63, 3.8) is 0 Å². The topological polar surface area (TPSA) is 27.1 Å². The Labute approximate surface area is 98.8 Å². The van der Waals surface area contributed by atoms with Crippen molar-refractivity contribution in [3.8, 4) is 11.3 Å². The molecule has 0 radical (unpaired) electrons. The minimum atomic E-state index is -0.227. The third kappa shape index (κ3) is 1.96. The van der Waals surface area contributed by atoms with Crippen molar-refractivity contribution in [2.75, 3.05) is 0 Å². The van der Waals surface area contributed by atoms with Crippen molar-refractivity contribution < 1.29 is 9.13 Å². The van der Waals surface area contributed by atoms with Crippen molar-refractivity contribution in [2.24, 2.45) is 0 Å². The average Bonchev–Trinajstić information content (AvgIpc) is 2.72. The number of ether oxygens (including phenoxy) is 1.